The van der Waals surface area contributed by atoms with Gasteiger partial charge in [-0.15, -0.1) is 0 Å². The van der Waals surface area contributed by atoms with Gasteiger partial charge in [0.2, 0.25) is 0 Å². The van der Waals surface area contributed by atoms with Crippen LogP contribution in [-0.2, 0) is 13.1 Å². The largest absolute Gasteiger partial charge is 0.356 e. The third-order valence-electron chi connectivity index (χ3n) is 3.97. The van der Waals surface area contributed by atoms with Gasteiger partial charge in [0.25, 0.3) is 5.91 Å². The summed E-state index contributed by atoms with van der Waals surface area (Å²) in [6.45, 7) is 4.47. The van der Waals surface area contributed by atoms with Gasteiger partial charge in [0.05, 0.1) is 0 Å². The molecule has 0 fully saturated rings. The van der Waals surface area contributed by atoms with Crippen molar-refractivity contribution in [1.29, 1.82) is 0 Å². The topological polar surface area (TPSA) is 74.6 Å². The summed E-state index contributed by atoms with van der Waals surface area (Å²) < 4.78 is 1.93. The van der Waals surface area contributed by atoms with Crippen molar-refractivity contribution in [1.82, 2.24) is 25.3 Å². The molecular weight excluding hydrogens is 328 g/mol. The maximum absolute atomic E-state index is 11.9. The predicted octanol–water partition coefficient (Wildman–Crippen LogP) is 1.59. The fourth-order valence-electron chi connectivity index (χ4n) is 2.49. The SMILES string of the molecule is CN=C(NCc1ccc(C(=O)N(C)C)cc1)NCC(C)Cn1cccn1. The molecule has 1 amide bonds. The molecule has 0 bridgehead atoms. The van der Waals surface area contributed by atoms with E-state index >= 15 is 0 Å². The number of carbonyl (C=O) groups excluding carboxylic acids is 1. The van der Waals surface area contributed by atoms with Gasteiger partial charge in [0.1, 0.15) is 0 Å². The van der Waals surface area contributed by atoms with E-state index < -0.39 is 0 Å². The van der Waals surface area contributed by atoms with E-state index in [2.05, 4.69) is 27.6 Å². The van der Waals surface area contributed by atoms with E-state index in [1.165, 1.54) is 0 Å². The molecule has 2 N–H and O–H groups in total. The Hall–Kier alpha value is -2.83. The third-order valence-corrected chi connectivity index (χ3v) is 3.97. The molecule has 2 aromatic rings. The smallest absolute Gasteiger partial charge is 0.253 e. The molecule has 1 heterocycles. The fourth-order valence-corrected chi connectivity index (χ4v) is 2.49. The highest BCUT2D eigenvalue weighted by atomic mass is 16.2. The van der Waals surface area contributed by atoms with Crippen molar-refractivity contribution in [2.24, 2.45) is 10.9 Å². The highest BCUT2D eigenvalue weighted by Gasteiger charge is 2.08. The maximum Gasteiger partial charge on any atom is 0.253 e. The summed E-state index contributed by atoms with van der Waals surface area (Å²) in [6.07, 6.45) is 3.76. The number of hydrogen-bond acceptors (Lipinski definition) is 3. The average Bonchev–Trinajstić information content (AvgIpc) is 3.14. The van der Waals surface area contributed by atoms with Crippen LogP contribution in [-0.4, -0.2) is 54.2 Å². The van der Waals surface area contributed by atoms with E-state index in [1.54, 1.807) is 32.2 Å². The van der Waals surface area contributed by atoms with Crippen LogP contribution < -0.4 is 10.6 Å². The Bertz CT molecular complexity index is 706. The molecule has 0 aliphatic heterocycles. The van der Waals surface area contributed by atoms with Crippen molar-refractivity contribution < 1.29 is 4.79 Å². The Balaban J connectivity index is 1.78. The summed E-state index contributed by atoms with van der Waals surface area (Å²) in [4.78, 5) is 17.7. The second-order valence-corrected chi connectivity index (χ2v) is 6.54. The quantitative estimate of drug-likeness (QED) is 0.584. The van der Waals surface area contributed by atoms with Gasteiger partial charge in [-0.25, -0.2) is 0 Å². The van der Waals surface area contributed by atoms with E-state index in [-0.39, 0.29) is 5.91 Å². The second-order valence-electron chi connectivity index (χ2n) is 6.54. The van der Waals surface area contributed by atoms with E-state index in [1.807, 2.05) is 41.2 Å². The number of nitrogens with one attached hydrogen (secondary N) is 2. The molecule has 7 heteroatoms. The molecule has 1 aromatic carbocycles. The van der Waals surface area contributed by atoms with Gasteiger partial charge in [-0.05, 0) is 29.7 Å². The predicted molar refractivity (Wildman–Crippen MR) is 104 cm³/mol. The molecule has 0 spiro atoms. The Morgan fingerprint density at radius 2 is 2.00 bits per heavy atom. The van der Waals surface area contributed by atoms with Gasteiger partial charge in [-0.2, -0.15) is 5.10 Å². The number of carbonyl (C=O) groups is 1. The zero-order valence-corrected chi connectivity index (χ0v) is 15.9. The van der Waals surface area contributed by atoms with Crippen LogP contribution in [0.2, 0.25) is 0 Å². The highest BCUT2D eigenvalue weighted by Crippen LogP contribution is 2.06. The molecule has 1 unspecified atom stereocenters. The molecule has 0 saturated carbocycles. The summed E-state index contributed by atoms with van der Waals surface area (Å²) in [5, 5.41) is 10.9. The lowest BCUT2D eigenvalue weighted by atomic mass is 10.1. The minimum atomic E-state index is 0.00755. The van der Waals surface area contributed by atoms with Gasteiger partial charge < -0.3 is 15.5 Å². The first kappa shape index (κ1) is 19.5. The summed E-state index contributed by atoms with van der Waals surface area (Å²) >= 11 is 0. The molecule has 26 heavy (non-hydrogen) atoms. The van der Waals surface area contributed by atoms with E-state index in [0.717, 1.165) is 24.6 Å². The highest BCUT2D eigenvalue weighted by molar-refractivity contribution is 5.93. The third kappa shape index (κ3) is 5.91. The average molecular weight is 356 g/mol. The van der Waals surface area contributed by atoms with Crippen LogP contribution in [0.5, 0.6) is 0 Å². The van der Waals surface area contributed by atoms with Crippen molar-refractivity contribution in [3.63, 3.8) is 0 Å². The van der Waals surface area contributed by atoms with Gasteiger partial charge >= 0.3 is 0 Å². The molecule has 7 nitrogen and oxygen atoms in total. The number of aliphatic imine (C=N–C) groups is 1. The lowest BCUT2D eigenvalue weighted by Crippen LogP contribution is -2.39. The van der Waals surface area contributed by atoms with E-state index in [4.69, 9.17) is 0 Å². The van der Waals surface area contributed by atoms with Crippen LogP contribution in [0.25, 0.3) is 0 Å². The Morgan fingerprint density at radius 1 is 1.27 bits per heavy atom. The number of nitrogens with zero attached hydrogens (tertiary/aromatic N) is 4. The van der Waals surface area contributed by atoms with Crippen LogP contribution in [0.15, 0.2) is 47.7 Å². The summed E-state index contributed by atoms with van der Waals surface area (Å²) in [7, 11) is 5.26. The molecule has 0 aliphatic carbocycles. The van der Waals surface area contributed by atoms with Gasteiger partial charge in [-0.3, -0.25) is 14.5 Å². The summed E-state index contributed by atoms with van der Waals surface area (Å²) in [5.41, 5.74) is 1.78. The van der Waals surface area contributed by atoms with Crippen molar-refractivity contribution in [3.8, 4) is 0 Å². The Labute approximate surface area is 155 Å². The molecule has 1 aromatic heterocycles. The van der Waals surface area contributed by atoms with Crippen LogP contribution >= 0.6 is 0 Å². The van der Waals surface area contributed by atoms with E-state index in [9.17, 15) is 4.79 Å². The summed E-state index contributed by atoms with van der Waals surface area (Å²) in [5.74, 6) is 1.18. The van der Waals surface area contributed by atoms with Crippen molar-refractivity contribution >= 4 is 11.9 Å². The van der Waals surface area contributed by atoms with Gasteiger partial charge in [-0.1, -0.05) is 19.1 Å². The molecule has 2 rings (SSSR count). The van der Waals surface area contributed by atoms with Crippen molar-refractivity contribution in [3.05, 3.63) is 53.9 Å². The van der Waals surface area contributed by atoms with Crippen molar-refractivity contribution in [2.75, 3.05) is 27.7 Å². The van der Waals surface area contributed by atoms with Crippen LogP contribution in [0.4, 0.5) is 0 Å². The first-order valence-electron chi connectivity index (χ1n) is 8.72. The number of guanidine groups is 1. The zero-order valence-electron chi connectivity index (χ0n) is 15.9. The van der Waals surface area contributed by atoms with Crippen LogP contribution in [0.3, 0.4) is 0 Å². The number of amides is 1. The maximum atomic E-state index is 11.9. The number of hydrogen-bond donors (Lipinski definition) is 2. The number of aromatic nitrogens is 2. The molecule has 1 atom stereocenters. The fraction of sp³-hybridized carbons (Fsp3) is 0.421. The first-order chi connectivity index (χ1) is 12.5. The van der Waals surface area contributed by atoms with Crippen LogP contribution in [0.1, 0.15) is 22.8 Å². The lowest BCUT2D eigenvalue weighted by molar-refractivity contribution is 0.0827. The second kappa shape index (κ2) is 9.60. The summed E-state index contributed by atoms with van der Waals surface area (Å²) in [6, 6.07) is 9.54. The molecule has 0 radical (unpaired) electrons. The van der Waals surface area contributed by atoms with Gasteiger partial charge in [0, 0.05) is 58.7 Å². The standard InChI is InChI=1S/C19H28N6O/c1-15(14-25-11-5-10-23-25)12-21-19(20-2)22-13-16-6-8-17(9-7-16)18(26)24(3)4/h5-11,15H,12-14H2,1-4H3,(H2,20,21,22). The monoisotopic (exact) mass is 356 g/mol. The minimum Gasteiger partial charge on any atom is -0.356 e. The first-order valence-corrected chi connectivity index (χ1v) is 8.72. The molecule has 140 valence electrons. The molecule has 0 saturated heterocycles. The molecular formula is C19H28N6O. The van der Waals surface area contributed by atoms with Gasteiger partial charge in [0.15, 0.2) is 5.96 Å². The Kier molecular flexibility index (Phi) is 7.20. The zero-order chi connectivity index (χ0) is 18.9. The van der Waals surface area contributed by atoms with Crippen molar-refractivity contribution in [2.45, 2.75) is 20.0 Å². The number of rotatable bonds is 7. The minimum absolute atomic E-state index is 0.00755. The number of benzene rings is 1. The van der Waals surface area contributed by atoms with E-state index in [0.29, 0.717) is 18.0 Å². The molecule has 0 aliphatic rings. The van der Waals surface area contributed by atoms with Crippen LogP contribution in [0, 0.1) is 5.92 Å². The Morgan fingerprint density at radius 3 is 2.58 bits per heavy atom. The lowest BCUT2D eigenvalue weighted by Gasteiger charge is -2.16. The normalized spacial score (nSPS) is 12.5.